The Morgan fingerprint density at radius 2 is 1.75 bits per heavy atom. The third kappa shape index (κ3) is 4.29. The molecule has 1 aliphatic carbocycles. The Bertz CT molecular complexity index is 582. The van der Waals surface area contributed by atoms with Crippen molar-refractivity contribution in [2.24, 2.45) is 0 Å². The predicted octanol–water partition coefficient (Wildman–Crippen LogP) is 4.24. The van der Waals surface area contributed by atoms with E-state index >= 15 is 0 Å². The van der Waals surface area contributed by atoms with E-state index in [4.69, 9.17) is 4.74 Å². The minimum absolute atomic E-state index is 0.221. The average Bonchev–Trinajstić information content (AvgIpc) is 2.53. The summed E-state index contributed by atoms with van der Waals surface area (Å²) in [5.74, 6) is 0.201. The molecule has 0 aromatic heterocycles. The summed E-state index contributed by atoms with van der Waals surface area (Å²) in [4.78, 5) is 12.9. The summed E-state index contributed by atoms with van der Waals surface area (Å²) in [6.07, 6.45) is 4.51. The Morgan fingerprint density at radius 1 is 1.12 bits per heavy atom. The van der Waals surface area contributed by atoms with Gasteiger partial charge in [-0.3, -0.25) is 0 Å². The lowest BCUT2D eigenvalue weighted by Gasteiger charge is -2.31. The van der Waals surface area contributed by atoms with Crippen molar-refractivity contribution in [2.75, 3.05) is 19.4 Å². The van der Waals surface area contributed by atoms with Gasteiger partial charge in [-0.15, -0.1) is 0 Å². The predicted molar refractivity (Wildman–Crippen MR) is 100.0 cm³/mol. The first-order chi connectivity index (χ1) is 11.3. The summed E-state index contributed by atoms with van der Waals surface area (Å²) in [7, 11) is 3.89. The van der Waals surface area contributed by atoms with Crippen LogP contribution in [-0.4, -0.2) is 31.7 Å². The van der Waals surface area contributed by atoms with Gasteiger partial charge >= 0.3 is 5.97 Å². The van der Waals surface area contributed by atoms with Gasteiger partial charge in [-0.1, -0.05) is 6.07 Å². The molecule has 0 heterocycles. The Labute approximate surface area is 146 Å². The lowest BCUT2D eigenvalue weighted by atomic mass is 9.78. The molecule has 24 heavy (non-hydrogen) atoms. The number of hydrogen-bond acceptors (Lipinski definition) is 4. The normalized spacial score (nSPS) is 21.4. The Hall–Kier alpha value is -1.55. The van der Waals surface area contributed by atoms with E-state index in [0.717, 1.165) is 36.9 Å². The van der Waals surface area contributed by atoms with Crippen molar-refractivity contribution in [1.29, 1.82) is 0 Å². The van der Waals surface area contributed by atoms with Crippen LogP contribution < -0.4 is 10.6 Å². The number of rotatable bonds is 4. The zero-order chi connectivity index (χ0) is 17.9. The van der Waals surface area contributed by atoms with Gasteiger partial charge in [0, 0.05) is 18.8 Å². The summed E-state index contributed by atoms with van der Waals surface area (Å²) in [5.41, 5.74) is 3.45. The maximum absolute atomic E-state index is 12.9. The first kappa shape index (κ1) is 18.8. The lowest BCUT2D eigenvalue weighted by Crippen LogP contribution is -2.31. The zero-order valence-electron chi connectivity index (χ0n) is 16.0. The van der Waals surface area contributed by atoms with Crippen molar-refractivity contribution in [2.45, 2.75) is 70.9 Å². The van der Waals surface area contributed by atoms with Gasteiger partial charge in [-0.2, -0.15) is 0 Å². The number of carbonyl (C=O) groups is 1. The molecule has 1 fully saturated rings. The molecule has 0 saturated heterocycles. The molecule has 1 saturated carbocycles. The fourth-order valence-electron chi connectivity index (χ4n) is 3.68. The summed E-state index contributed by atoms with van der Waals surface area (Å²) < 4.78 is 5.70. The molecule has 0 spiro atoms. The second kappa shape index (κ2) is 7.56. The van der Waals surface area contributed by atoms with Gasteiger partial charge < -0.3 is 15.4 Å². The van der Waals surface area contributed by atoms with Gasteiger partial charge in [0.25, 0.3) is 0 Å². The van der Waals surface area contributed by atoms with E-state index in [1.807, 2.05) is 40.9 Å². The van der Waals surface area contributed by atoms with Crippen molar-refractivity contribution in [3.8, 4) is 0 Å². The van der Waals surface area contributed by atoms with Crippen molar-refractivity contribution < 1.29 is 9.53 Å². The van der Waals surface area contributed by atoms with Gasteiger partial charge in [0.05, 0.1) is 5.56 Å². The number of anilines is 1. The molecule has 4 nitrogen and oxygen atoms in total. The van der Waals surface area contributed by atoms with Gasteiger partial charge in [0.2, 0.25) is 0 Å². The maximum Gasteiger partial charge on any atom is 0.341 e. The van der Waals surface area contributed by atoms with Crippen molar-refractivity contribution in [3.63, 3.8) is 0 Å². The number of carbonyl (C=O) groups excluding carboxylic acids is 1. The molecule has 0 unspecified atom stereocenters. The van der Waals surface area contributed by atoms with Crippen LogP contribution in [0.3, 0.4) is 0 Å². The van der Waals surface area contributed by atoms with E-state index in [0.29, 0.717) is 12.0 Å². The molecule has 1 aliphatic rings. The Balaban J connectivity index is 2.41. The van der Waals surface area contributed by atoms with E-state index in [2.05, 4.69) is 23.6 Å². The lowest BCUT2D eigenvalue weighted by molar-refractivity contribution is 0.00685. The quantitative estimate of drug-likeness (QED) is 0.810. The van der Waals surface area contributed by atoms with E-state index in [1.165, 1.54) is 11.1 Å². The first-order valence-corrected chi connectivity index (χ1v) is 8.98. The highest BCUT2D eigenvalue weighted by Gasteiger charge is 2.30. The number of esters is 1. The standard InChI is InChI=1S/C20H32N2O2/c1-13-7-12-16(22-6)18(19(23)24-20(2,3)4)17(13)14-8-10-15(21-5)11-9-14/h7,12,14-15,21-22H,8-11H2,1-6H3/t14-,15-. The number of nitrogens with one attached hydrogen (secondary N) is 2. The first-order valence-electron chi connectivity index (χ1n) is 8.98. The molecule has 0 bridgehead atoms. The Kier molecular flexibility index (Phi) is 5.92. The van der Waals surface area contributed by atoms with Crippen LogP contribution in [0, 0.1) is 6.92 Å². The molecular weight excluding hydrogens is 300 g/mol. The fourth-order valence-corrected chi connectivity index (χ4v) is 3.68. The highest BCUT2D eigenvalue weighted by Crippen LogP contribution is 2.39. The monoisotopic (exact) mass is 332 g/mol. The van der Waals surface area contributed by atoms with Crippen molar-refractivity contribution in [3.05, 3.63) is 28.8 Å². The minimum atomic E-state index is -0.493. The minimum Gasteiger partial charge on any atom is -0.456 e. The van der Waals surface area contributed by atoms with Crippen LogP contribution in [0.2, 0.25) is 0 Å². The average molecular weight is 332 g/mol. The number of aryl methyl sites for hydroxylation is 1. The van der Waals surface area contributed by atoms with Crippen LogP contribution in [0.15, 0.2) is 12.1 Å². The van der Waals surface area contributed by atoms with Crippen LogP contribution in [0.4, 0.5) is 5.69 Å². The van der Waals surface area contributed by atoms with Crippen LogP contribution >= 0.6 is 0 Å². The van der Waals surface area contributed by atoms with Gasteiger partial charge in [-0.05, 0) is 83.5 Å². The number of ether oxygens (including phenoxy) is 1. The smallest absolute Gasteiger partial charge is 0.341 e. The van der Waals surface area contributed by atoms with E-state index in [-0.39, 0.29) is 5.97 Å². The van der Waals surface area contributed by atoms with Crippen LogP contribution in [0.25, 0.3) is 0 Å². The number of hydrogen-bond donors (Lipinski definition) is 2. The van der Waals surface area contributed by atoms with E-state index in [1.54, 1.807) is 0 Å². The molecule has 0 amide bonds. The highest BCUT2D eigenvalue weighted by atomic mass is 16.6. The van der Waals surface area contributed by atoms with E-state index < -0.39 is 5.60 Å². The second-order valence-electron chi connectivity index (χ2n) is 7.81. The van der Waals surface area contributed by atoms with E-state index in [9.17, 15) is 4.79 Å². The molecule has 2 N–H and O–H groups in total. The molecule has 0 aliphatic heterocycles. The molecule has 0 radical (unpaired) electrons. The third-order valence-corrected chi connectivity index (χ3v) is 4.88. The zero-order valence-corrected chi connectivity index (χ0v) is 16.0. The molecule has 4 heteroatoms. The molecule has 1 aromatic rings. The topological polar surface area (TPSA) is 50.4 Å². The summed E-state index contributed by atoms with van der Waals surface area (Å²) in [6.45, 7) is 7.85. The second-order valence-corrected chi connectivity index (χ2v) is 7.81. The molecular formula is C20H32N2O2. The van der Waals surface area contributed by atoms with Gasteiger partial charge in [0.1, 0.15) is 5.60 Å². The Morgan fingerprint density at radius 3 is 2.25 bits per heavy atom. The SMILES string of the molecule is CNc1ccc(C)c([C@H]2CC[C@H](NC)CC2)c1C(=O)OC(C)(C)C. The molecule has 134 valence electrons. The van der Waals surface area contributed by atoms with Crippen molar-refractivity contribution in [1.82, 2.24) is 5.32 Å². The van der Waals surface area contributed by atoms with Gasteiger partial charge in [0.15, 0.2) is 0 Å². The third-order valence-electron chi connectivity index (χ3n) is 4.88. The molecule has 0 atom stereocenters. The van der Waals surface area contributed by atoms with Crippen molar-refractivity contribution >= 4 is 11.7 Å². The van der Waals surface area contributed by atoms with Gasteiger partial charge in [-0.25, -0.2) is 4.79 Å². The van der Waals surface area contributed by atoms with Crippen LogP contribution in [0.5, 0.6) is 0 Å². The van der Waals surface area contributed by atoms with Crippen LogP contribution in [-0.2, 0) is 4.74 Å². The summed E-state index contributed by atoms with van der Waals surface area (Å²) >= 11 is 0. The summed E-state index contributed by atoms with van der Waals surface area (Å²) in [5, 5.41) is 6.55. The fraction of sp³-hybridized carbons (Fsp3) is 0.650. The molecule has 1 aromatic carbocycles. The largest absolute Gasteiger partial charge is 0.456 e. The summed E-state index contributed by atoms with van der Waals surface area (Å²) in [6, 6.07) is 4.69. The number of benzene rings is 1. The maximum atomic E-state index is 12.9. The molecule has 2 rings (SSSR count). The highest BCUT2D eigenvalue weighted by molar-refractivity contribution is 5.98. The van der Waals surface area contributed by atoms with Crippen LogP contribution in [0.1, 0.15) is 73.9 Å².